The van der Waals surface area contributed by atoms with Crippen LogP contribution in [0.5, 0.6) is 0 Å². The highest BCUT2D eigenvalue weighted by molar-refractivity contribution is 6.05. The number of carboxylic acids is 1. The third-order valence-corrected chi connectivity index (χ3v) is 2.95. The Morgan fingerprint density at radius 2 is 1.90 bits per heavy atom. The Balaban J connectivity index is 2.97. The maximum Gasteiger partial charge on any atom is 0.316 e. The summed E-state index contributed by atoms with van der Waals surface area (Å²) in [4.78, 5) is 23.5. The molecule has 20 heavy (non-hydrogen) atoms. The molecule has 0 aromatic heterocycles. The Morgan fingerprint density at radius 3 is 2.40 bits per heavy atom. The SMILES string of the molecule is COCc1ccccc1NC(=O)C(C(=O)O)C(C)(C)C. The molecule has 1 rings (SSSR count). The molecular formula is C15H21NO4. The first-order valence-corrected chi connectivity index (χ1v) is 6.38. The molecule has 0 saturated carbocycles. The number of benzene rings is 1. The van der Waals surface area contributed by atoms with E-state index in [0.29, 0.717) is 12.3 Å². The highest BCUT2D eigenvalue weighted by atomic mass is 16.5. The molecule has 1 atom stereocenters. The monoisotopic (exact) mass is 279 g/mol. The summed E-state index contributed by atoms with van der Waals surface area (Å²) in [7, 11) is 1.56. The number of hydrogen-bond acceptors (Lipinski definition) is 3. The van der Waals surface area contributed by atoms with Gasteiger partial charge in [0.05, 0.1) is 6.61 Å². The van der Waals surface area contributed by atoms with Crippen LogP contribution in [-0.2, 0) is 20.9 Å². The van der Waals surface area contributed by atoms with Crippen molar-refractivity contribution in [2.75, 3.05) is 12.4 Å². The fourth-order valence-electron chi connectivity index (χ4n) is 2.00. The quantitative estimate of drug-likeness (QED) is 0.812. The third kappa shape index (κ3) is 4.06. The van der Waals surface area contributed by atoms with Crippen LogP contribution in [0.25, 0.3) is 0 Å². The molecule has 0 aliphatic carbocycles. The minimum atomic E-state index is -1.13. The van der Waals surface area contributed by atoms with E-state index in [4.69, 9.17) is 4.74 Å². The standard InChI is InChI=1S/C15H21NO4/c1-15(2,3)12(14(18)19)13(17)16-11-8-6-5-7-10(11)9-20-4/h5-8,12H,9H2,1-4H3,(H,16,17)(H,18,19). The lowest BCUT2D eigenvalue weighted by molar-refractivity contribution is -0.149. The largest absolute Gasteiger partial charge is 0.481 e. The van der Waals surface area contributed by atoms with E-state index in [1.807, 2.05) is 12.1 Å². The van der Waals surface area contributed by atoms with E-state index in [0.717, 1.165) is 5.56 Å². The van der Waals surface area contributed by atoms with Crippen LogP contribution >= 0.6 is 0 Å². The number of nitrogens with one attached hydrogen (secondary N) is 1. The van der Waals surface area contributed by atoms with Gasteiger partial charge < -0.3 is 15.2 Å². The minimum absolute atomic E-state index is 0.351. The molecule has 1 unspecified atom stereocenters. The van der Waals surface area contributed by atoms with Crippen molar-refractivity contribution in [1.82, 2.24) is 0 Å². The van der Waals surface area contributed by atoms with Crippen LogP contribution in [0.4, 0.5) is 5.69 Å². The molecule has 0 radical (unpaired) electrons. The fraction of sp³-hybridized carbons (Fsp3) is 0.467. The lowest BCUT2D eigenvalue weighted by atomic mass is 9.80. The average molecular weight is 279 g/mol. The van der Waals surface area contributed by atoms with Crippen LogP contribution in [0, 0.1) is 11.3 Å². The van der Waals surface area contributed by atoms with Crippen LogP contribution in [0.1, 0.15) is 26.3 Å². The summed E-state index contributed by atoms with van der Waals surface area (Å²) < 4.78 is 5.06. The summed E-state index contributed by atoms with van der Waals surface area (Å²) >= 11 is 0. The zero-order valence-electron chi connectivity index (χ0n) is 12.3. The van der Waals surface area contributed by atoms with Gasteiger partial charge >= 0.3 is 5.97 Å². The molecule has 1 aromatic rings. The van der Waals surface area contributed by atoms with Crippen LogP contribution in [0.2, 0.25) is 0 Å². The second kappa shape index (κ2) is 6.52. The zero-order valence-corrected chi connectivity index (χ0v) is 12.3. The van der Waals surface area contributed by atoms with Crippen LogP contribution < -0.4 is 5.32 Å². The maximum absolute atomic E-state index is 12.2. The first-order valence-electron chi connectivity index (χ1n) is 6.38. The number of ether oxygens (including phenoxy) is 1. The number of carbonyl (C=O) groups excluding carboxylic acids is 1. The van der Waals surface area contributed by atoms with Gasteiger partial charge in [0.25, 0.3) is 0 Å². The molecular weight excluding hydrogens is 258 g/mol. The Bertz CT molecular complexity index is 491. The maximum atomic E-state index is 12.2. The Labute approximate surface area is 118 Å². The van der Waals surface area contributed by atoms with E-state index in [9.17, 15) is 14.7 Å². The van der Waals surface area contributed by atoms with Gasteiger partial charge in [-0.3, -0.25) is 9.59 Å². The van der Waals surface area contributed by atoms with E-state index in [2.05, 4.69) is 5.32 Å². The molecule has 0 bridgehead atoms. The molecule has 5 nitrogen and oxygen atoms in total. The average Bonchev–Trinajstić information content (AvgIpc) is 2.29. The lowest BCUT2D eigenvalue weighted by Gasteiger charge is -2.26. The molecule has 2 N–H and O–H groups in total. The van der Waals surface area contributed by atoms with Gasteiger partial charge in [-0.15, -0.1) is 0 Å². The van der Waals surface area contributed by atoms with E-state index in [1.165, 1.54) is 0 Å². The first kappa shape index (κ1) is 16.2. The number of amides is 1. The minimum Gasteiger partial charge on any atom is -0.481 e. The van der Waals surface area contributed by atoms with Crippen molar-refractivity contribution in [3.63, 3.8) is 0 Å². The predicted octanol–water partition coefficient (Wildman–Crippen LogP) is 2.52. The van der Waals surface area contributed by atoms with E-state index < -0.39 is 23.2 Å². The number of aliphatic carboxylic acids is 1. The number of carbonyl (C=O) groups is 2. The smallest absolute Gasteiger partial charge is 0.316 e. The van der Waals surface area contributed by atoms with Crippen LogP contribution in [0.3, 0.4) is 0 Å². The van der Waals surface area contributed by atoms with Gasteiger partial charge in [0, 0.05) is 18.4 Å². The van der Waals surface area contributed by atoms with Crippen molar-refractivity contribution in [3.8, 4) is 0 Å². The number of methoxy groups -OCH3 is 1. The normalized spacial score (nSPS) is 12.8. The summed E-state index contributed by atoms with van der Waals surface area (Å²) in [6.07, 6.45) is 0. The van der Waals surface area contributed by atoms with Crippen molar-refractivity contribution < 1.29 is 19.4 Å². The summed E-state index contributed by atoms with van der Waals surface area (Å²) in [5.41, 5.74) is 0.725. The second-order valence-electron chi connectivity index (χ2n) is 5.72. The highest BCUT2D eigenvalue weighted by Gasteiger charge is 2.37. The third-order valence-electron chi connectivity index (χ3n) is 2.95. The molecule has 0 aliphatic rings. The van der Waals surface area contributed by atoms with Gasteiger partial charge in [-0.1, -0.05) is 39.0 Å². The summed E-state index contributed by atoms with van der Waals surface area (Å²) in [6.45, 7) is 5.54. The number of para-hydroxylation sites is 1. The van der Waals surface area contributed by atoms with E-state index >= 15 is 0 Å². The number of carboxylic acid groups (broad SMARTS) is 1. The Morgan fingerprint density at radius 1 is 1.30 bits per heavy atom. The molecule has 1 amide bonds. The number of hydrogen-bond donors (Lipinski definition) is 2. The first-order chi connectivity index (χ1) is 9.27. The van der Waals surface area contributed by atoms with Gasteiger partial charge in [-0.25, -0.2) is 0 Å². The molecule has 0 fully saturated rings. The Hall–Kier alpha value is -1.88. The van der Waals surface area contributed by atoms with Gasteiger partial charge in [0.15, 0.2) is 0 Å². The molecule has 0 spiro atoms. The Kier molecular flexibility index (Phi) is 5.27. The molecule has 110 valence electrons. The molecule has 0 saturated heterocycles. The zero-order chi connectivity index (χ0) is 15.3. The van der Waals surface area contributed by atoms with Crippen molar-refractivity contribution in [3.05, 3.63) is 29.8 Å². The van der Waals surface area contributed by atoms with Gasteiger partial charge in [0.2, 0.25) is 5.91 Å². The van der Waals surface area contributed by atoms with Gasteiger partial charge in [-0.05, 0) is 11.5 Å². The van der Waals surface area contributed by atoms with Crippen LogP contribution in [0.15, 0.2) is 24.3 Å². The second-order valence-corrected chi connectivity index (χ2v) is 5.72. The molecule has 1 aromatic carbocycles. The topological polar surface area (TPSA) is 75.6 Å². The predicted molar refractivity (Wildman–Crippen MR) is 76.4 cm³/mol. The number of anilines is 1. The molecule has 5 heteroatoms. The van der Waals surface area contributed by atoms with Crippen molar-refractivity contribution in [2.24, 2.45) is 11.3 Å². The summed E-state index contributed by atoms with van der Waals surface area (Å²) in [6, 6.07) is 7.17. The van der Waals surface area contributed by atoms with Gasteiger partial charge in [-0.2, -0.15) is 0 Å². The summed E-state index contributed by atoms with van der Waals surface area (Å²) in [5.74, 6) is -2.76. The van der Waals surface area contributed by atoms with Gasteiger partial charge in [0.1, 0.15) is 5.92 Å². The lowest BCUT2D eigenvalue weighted by Crippen LogP contribution is -2.39. The molecule has 0 aliphatic heterocycles. The van der Waals surface area contributed by atoms with E-state index in [-0.39, 0.29) is 0 Å². The number of rotatable bonds is 5. The van der Waals surface area contributed by atoms with Crippen molar-refractivity contribution in [2.45, 2.75) is 27.4 Å². The molecule has 0 heterocycles. The van der Waals surface area contributed by atoms with Crippen LogP contribution in [-0.4, -0.2) is 24.1 Å². The summed E-state index contributed by atoms with van der Waals surface area (Å²) in [5, 5.41) is 11.9. The van der Waals surface area contributed by atoms with E-state index in [1.54, 1.807) is 40.0 Å². The van der Waals surface area contributed by atoms with Crippen molar-refractivity contribution >= 4 is 17.6 Å². The van der Waals surface area contributed by atoms with Crippen molar-refractivity contribution in [1.29, 1.82) is 0 Å². The fourth-order valence-corrected chi connectivity index (χ4v) is 2.00. The highest BCUT2D eigenvalue weighted by Crippen LogP contribution is 2.28.